The van der Waals surface area contributed by atoms with Crippen LogP contribution in [0.5, 0.6) is 5.75 Å². The Morgan fingerprint density at radius 1 is 0.902 bits per heavy atom. The van der Waals surface area contributed by atoms with Crippen LogP contribution in [0.1, 0.15) is 31.2 Å². The Hall–Kier alpha value is -3.25. The molecule has 0 amide bonds. The summed E-state index contributed by atoms with van der Waals surface area (Å²) < 4.78 is 66.6. The first-order valence-corrected chi connectivity index (χ1v) is 16.7. The highest BCUT2D eigenvalue weighted by Crippen LogP contribution is 2.33. The number of carbonyl (C=O) groups is 1. The fourth-order valence-electron chi connectivity index (χ4n) is 5.35. The van der Waals surface area contributed by atoms with E-state index in [2.05, 4.69) is 4.72 Å². The molecule has 1 N–H and O–H groups in total. The third kappa shape index (κ3) is 7.73. The predicted molar refractivity (Wildman–Crippen MR) is 157 cm³/mol. The fourth-order valence-corrected chi connectivity index (χ4v) is 7.72. The van der Waals surface area contributed by atoms with E-state index >= 15 is 0 Å². The first kappa shape index (κ1) is 30.7. The van der Waals surface area contributed by atoms with Crippen molar-refractivity contribution in [3.63, 3.8) is 0 Å². The number of esters is 1. The number of ether oxygens (including phenoxy) is 2. The zero-order valence-electron chi connectivity index (χ0n) is 23.4. The number of methoxy groups -OCH3 is 2. The molecule has 1 saturated carbocycles. The highest BCUT2D eigenvalue weighted by atomic mass is 32.2. The minimum absolute atomic E-state index is 0.0119. The molecule has 0 radical (unpaired) electrons. The molecule has 9 nitrogen and oxygen atoms in total. The number of hydrogen-bond acceptors (Lipinski definition) is 7. The van der Waals surface area contributed by atoms with E-state index in [0.29, 0.717) is 25.7 Å². The lowest BCUT2D eigenvalue weighted by Gasteiger charge is -2.38. The van der Waals surface area contributed by atoms with E-state index < -0.39 is 38.0 Å². The van der Waals surface area contributed by atoms with Crippen molar-refractivity contribution in [2.75, 3.05) is 20.5 Å². The summed E-state index contributed by atoms with van der Waals surface area (Å²) in [5.74, 6) is -0.437. The minimum atomic E-state index is -4.09. The monoisotopic (exact) mass is 600 g/mol. The zero-order valence-corrected chi connectivity index (χ0v) is 25.0. The van der Waals surface area contributed by atoms with Crippen molar-refractivity contribution < 1.29 is 31.1 Å². The molecule has 220 valence electrons. The molecule has 0 bridgehead atoms. The van der Waals surface area contributed by atoms with Crippen LogP contribution in [-0.4, -0.2) is 59.7 Å². The van der Waals surface area contributed by atoms with Crippen LogP contribution in [0.15, 0.2) is 83.8 Å². The molecule has 0 aliphatic heterocycles. The number of benzene rings is 3. The van der Waals surface area contributed by atoms with Gasteiger partial charge in [0.05, 0.1) is 25.4 Å². The Morgan fingerprint density at radius 3 is 2.07 bits per heavy atom. The van der Waals surface area contributed by atoms with Gasteiger partial charge in [0, 0.05) is 12.6 Å². The summed E-state index contributed by atoms with van der Waals surface area (Å²) in [4.78, 5) is 12.9. The lowest BCUT2D eigenvalue weighted by atomic mass is 9.81. The van der Waals surface area contributed by atoms with Crippen molar-refractivity contribution in [3.8, 4) is 16.9 Å². The van der Waals surface area contributed by atoms with Crippen LogP contribution in [0.25, 0.3) is 11.1 Å². The summed E-state index contributed by atoms with van der Waals surface area (Å²) in [6.45, 7) is 0.201. The molecule has 3 unspecified atom stereocenters. The Balaban J connectivity index is 1.53. The van der Waals surface area contributed by atoms with Crippen molar-refractivity contribution >= 4 is 26.0 Å². The van der Waals surface area contributed by atoms with E-state index in [0.717, 1.165) is 22.4 Å². The number of rotatable bonds is 11. The van der Waals surface area contributed by atoms with Crippen molar-refractivity contribution in [2.24, 2.45) is 5.92 Å². The standard InChI is InChI=1S/C30H36N2O7S2/c1-38-27-16-12-23(13-17-27)24-14-18-28(19-15-24)41(36,37)31-29(30(33)39-2)25-10-7-11-26(20-25)32(40(3,34)35)21-22-8-5-4-6-9-22/h4-6,8-9,12-19,25-26,29,31H,7,10-11,20-21H2,1-3H3. The smallest absolute Gasteiger partial charge is 0.324 e. The van der Waals surface area contributed by atoms with Crippen LogP contribution in [-0.2, 0) is 36.1 Å². The van der Waals surface area contributed by atoms with Gasteiger partial charge in [-0.1, -0.05) is 61.0 Å². The van der Waals surface area contributed by atoms with Crippen molar-refractivity contribution in [3.05, 3.63) is 84.4 Å². The second-order valence-corrected chi connectivity index (χ2v) is 13.9. The van der Waals surface area contributed by atoms with E-state index in [9.17, 15) is 21.6 Å². The summed E-state index contributed by atoms with van der Waals surface area (Å²) in [6, 6.07) is 21.5. The van der Waals surface area contributed by atoms with Gasteiger partial charge in [0.15, 0.2) is 0 Å². The molecule has 0 saturated heterocycles. The molecule has 3 aromatic rings. The second kappa shape index (κ2) is 13.2. The minimum Gasteiger partial charge on any atom is -0.497 e. The molecule has 0 spiro atoms. The van der Waals surface area contributed by atoms with Gasteiger partial charge in [-0.25, -0.2) is 16.8 Å². The van der Waals surface area contributed by atoms with Crippen LogP contribution in [0.2, 0.25) is 0 Å². The Labute approximate surface area is 242 Å². The van der Waals surface area contributed by atoms with Crippen LogP contribution in [0.3, 0.4) is 0 Å². The third-order valence-corrected chi connectivity index (χ3v) is 10.2. The maximum atomic E-state index is 13.4. The third-order valence-electron chi connectivity index (χ3n) is 7.50. The molecule has 4 rings (SSSR count). The molecule has 0 heterocycles. The highest BCUT2D eigenvalue weighted by molar-refractivity contribution is 7.89. The first-order valence-electron chi connectivity index (χ1n) is 13.4. The molecule has 1 aliphatic carbocycles. The first-order chi connectivity index (χ1) is 19.5. The average molecular weight is 601 g/mol. The summed E-state index contributed by atoms with van der Waals surface area (Å²) in [7, 11) is -4.87. The molecule has 1 fully saturated rings. The number of nitrogens with zero attached hydrogens (tertiary/aromatic N) is 1. The maximum Gasteiger partial charge on any atom is 0.324 e. The molecular weight excluding hydrogens is 564 g/mol. The van der Waals surface area contributed by atoms with Crippen LogP contribution >= 0.6 is 0 Å². The van der Waals surface area contributed by atoms with Crippen molar-refractivity contribution in [2.45, 2.75) is 49.2 Å². The quantitative estimate of drug-likeness (QED) is 0.328. The van der Waals surface area contributed by atoms with Crippen molar-refractivity contribution in [1.29, 1.82) is 0 Å². The predicted octanol–water partition coefficient (Wildman–Crippen LogP) is 4.20. The number of hydrogen-bond donors (Lipinski definition) is 1. The van der Waals surface area contributed by atoms with Gasteiger partial charge in [-0.05, 0) is 66.1 Å². The van der Waals surface area contributed by atoms with Gasteiger partial charge in [0.1, 0.15) is 11.8 Å². The van der Waals surface area contributed by atoms with E-state index in [1.165, 1.54) is 29.8 Å². The number of sulfonamides is 2. The van der Waals surface area contributed by atoms with Crippen molar-refractivity contribution in [1.82, 2.24) is 9.03 Å². The van der Waals surface area contributed by atoms with E-state index in [4.69, 9.17) is 9.47 Å². The summed E-state index contributed by atoms with van der Waals surface area (Å²) >= 11 is 0. The lowest BCUT2D eigenvalue weighted by molar-refractivity contribution is -0.144. The maximum absolute atomic E-state index is 13.4. The van der Waals surface area contributed by atoms with Gasteiger partial charge < -0.3 is 9.47 Å². The fraction of sp³-hybridized carbons (Fsp3) is 0.367. The largest absolute Gasteiger partial charge is 0.497 e. The molecule has 3 aromatic carbocycles. The Morgan fingerprint density at radius 2 is 1.51 bits per heavy atom. The van der Waals surface area contributed by atoms with E-state index in [-0.39, 0.29) is 17.5 Å². The second-order valence-electron chi connectivity index (χ2n) is 10.2. The number of nitrogens with one attached hydrogen (secondary N) is 1. The van der Waals surface area contributed by atoms with Crippen LogP contribution in [0.4, 0.5) is 0 Å². The molecule has 3 atom stereocenters. The Kier molecular flexibility index (Phi) is 9.85. The van der Waals surface area contributed by atoms with E-state index in [1.807, 2.05) is 54.6 Å². The molecule has 1 aliphatic rings. The van der Waals surface area contributed by atoms with Gasteiger partial charge in [0.25, 0.3) is 0 Å². The summed E-state index contributed by atoms with van der Waals surface area (Å²) in [6.07, 6.45) is 3.30. The van der Waals surface area contributed by atoms with Crippen LogP contribution < -0.4 is 9.46 Å². The lowest BCUT2D eigenvalue weighted by Crippen LogP contribution is -2.50. The molecular formula is C30H36N2O7S2. The normalized spacial score (nSPS) is 18.5. The van der Waals surface area contributed by atoms with Gasteiger partial charge in [-0.2, -0.15) is 9.03 Å². The average Bonchev–Trinajstić information content (AvgIpc) is 2.98. The highest BCUT2D eigenvalue weighted by Gasteiger charge is 2.39. The van der Waals surface area contributed by atoms with Gasteiger partial charge in [-0.15, -0.1) is 0 Å². The Bertz CT molecular complexity index is 1530. The molecule has 41 heavy (non-hydrogen) atoms. The topological polar surface area (TPSA) is 119 Å². The van der Waals surface area contributed by atoms with Gasteiger partial charge in [0.2, 0.25) is 20.0 Å². The molecule has 11 heteroatoms. The van der Waals surface area contributed by atoms with E-state index in [1.54, 1.807) is 19.2 Å². The summed E-state index contributed by atoms with van der Waals surface area (Å²) in [5.41, 5.74) is 2.57. The SMILES string of the molecule is COC(=O)C(NS(=O)(=O)c1ccc(-c2ccc(OC)cc2)cc1)C1CCCC(N(Cc2ccccc2)S(C)(=O)=O)C1. The number of carbonyl (C=O) groups excluding carboxylic acids is 1. The van der Waals surface area contributed by atoms with Gasteiger partial charge in [-0.3, -0.25) is 4.79 Å². The summed E-state index contributed by atoms with van der Waals surface area (Å²) in [5, 5.41) is 0. The zero-order chi connectivity index (χ0) is 29.6. The van der Waals surface area contributed by atoms with Crippen LogP contribution in [0, 0.1) is 5.92 Å². The van der Waals surface area contributed by atoms with Gasteiger partial charge >= 0.3 is 5.97 Å². The molecule has 0 aromatic heterocycles.